The van der Waals surface area contributed by atoms with Gasteiger partial charge in [0.2, 0.25) is 5.89 Å². The van der Waals surface area contributed by atoms with Gasteiger partial charge in [0.15, 0.2) is 0 Å². The number of nitrogens with one attached hydrogen (secondary N) is 2. The van der Waals surface area contributed by atoms with E-state index in [-0.39, 0.29) is 11.9 Å². The van der Waals surface area contributed by atoms with E-state index in [0.29, 0.717) is 5.69 Å². The third-order valence-corrected chi connectivity index (χ3v) is 2.68. The van der Waals surface area contributed by atoms with Crippen molar-refractivity contribution in [2.45, 2.75) is 39.3 Å². The van der Waals surface area contributed by atoms with Crippen molar-refractivity contribution < 1.29 is 13.9 Å². The summed E-state index contributed by atoms with van der Waals surface area (Å²) in [5.74, 6) is 0.266. The van der Waals surface area contributed by atoms with Gasteiger partial charge in [0.05, 0.1) is 0 Å². The number of nitrogens with two attached hydrogens (primary N) is 1. The minimum absolute atomic E-state index is 0.212. The number of nitrogen functional groups attached to an aromatic ring is 1. The van der Waals surface area contributed by atoms with Crippen LogP contribution in [0.5, 0.6) is 0 Å². The van der Waals surface area contributed by atoms with Crippen LogP contribution in [0, 0.1) is 0 Å². The topological polar surface area (TPSA) is 115 Å². The summed E-state index contributed by atoms with van der Waals surface area (Å²) in [6.45, 7) is 7.09. The van der Waals surface area contributed by atoms with E-state index in [1.165, 1.54) is 0 Å². The Balaban J connectivity index is 1.97. The minimum atomic E-state index is -0.571. The molecule has 0 aliphatic carbocycles. The quantitative estimate of drug-likeness (QED) is 0.742. The summed E-state index contributed by atoms with van der Waals surface area (Å²) < 4.78 is 10.7. The zero-order valence-electron chi connectivity index (χ0n) is 13.6. The van der Waals surface area contributed by atoms with Crippen LogP contribution >= 0.6 is 0 Å². The van der Waals surface area contributed by atoms with Gasteiger partial charge in [0.1, 0.15) is 11.6 Å². The average Bonchev–Trinajstić information content (AvgIpc) is 2.85. The second kappa shape index (κ2) is 6.55. The van der Waals surface area contributed by atoms with Gasteiger partial charge in [-0.25, -0.2) is 4.79 Å². The highest BCUT2D eigenvalue weighted by Gasteiger charge is 2.21. The predicted octanol–water partition coefficient (Wildman–Crippen LogP) is 2.98. The van der Waals surface area contributed by atoms with Gasteiger partial charge in [-0.1, -0.05) is 11.2 Å². The van der Waals surface area contributed by atoms with Crippen molar-refractivity contribution >= 4 is 23.5 Å². The fourth-order valence-electron chi connectivity index (χ4n) is 1.75. The van der Waals surface area contributed by atoms with E-state index in [1.807, 2.05) is 12.1 Å². The Kier molecular flexibility index (Phi) is 4.73. The summed E-state index contributed by atoms with van der Waals surface area (Å²) >= 11 is 0. The van der Waals surface area contributed by atoms with Gasteiger partial charge < -0.3 is 25.5 Å². The summed E-state index contributed by atoms with van der Waals surface area (Å²) in [7, 11) is 0. The molecule has 0 radical (unpaired) electrons. The van der Waals surface area contributed by atoms with Crippen molar-refractivity contribution in [2.75, 3.05) is 11.1 Å². The van der Waals surface area contributed by atoms with Crippen LogP contribution in [0.15, 0.2) is 28.7 Å². The molecule has 0 aliphatic heterocycles. The second-order valence-corrected chi connectivity index (χ2v) is 6.06. The fourth-order valence-corrected chi connectivity index (χ4v) is 1.75. The molecule has 1 aromatic heterocycles. The summed E-state index contributed by atoms with van der Waals surface area (Å²) in [5, 5.41) is 13.4. The SMILES string of the molecule is CC(NC(=O)OC(C)(C)C)c1nnc(Nc2cccc(N)c2)o1. The Morgan fingerprint density at radius 1 is 1.35 bits per heavy atom. The van der Waals surface area contributed by atoms with Crippen LogP contribution in [0.3, 0.4) is 0 Å². The smallest absolute Gasteiger partial charge is 0.408 e. The number of amides is 1. The first-order valence-corrected chi connectivity index (χ1v) is 7.18. The van der Waals surface area contributed by atoms with Crippen molar-refractivity contribution in [1.82, 2.24) is 15.5 Å². The van der Waals surface area contributed by atoms with Crippen molar-refractivity contribution in [1.29, 1.82) is 0 Å². The van der Waals surface area contributed by atoms with Crippen molar-refractivity contribution in [3.05, 3.63) is 30.2 Å². The van der Waals surface area contributed by atoms with E-state index in [4.69, 9.17) is 14.9 Å². The molecule has 8 heteroatoms. The molecule has 0 saturated carbocycles. The molecule has 0 saturated heterocycles. The van der Waals surface area contributed by atoms with Crippen LogP contribution < -0.4 is 16.4 Å². The normalized spacial score (nSPS) is 12.5. The molecule has 0 spiro atoms. The number of hydrogen-bond donors (Lipinski definition) is 3. The molecule has 8 nitrogen and oxygen atoms in total. The molecule has 0 aliphatic rings. The van der Waals surface area contributed by atoms with E-state index < -0.39 is 17.7 Å². The van der Waals surface area contributed by atoms with E-state index in [2.05, 4.69) is 20.8 Å². The van der Waals surface area contributed by atoms with Gasteiger partial charge in [0.25, 0.3) is 0 Å². The van der Waals surface area contributed by atoms with Crippen LogP contribution in [0.1, 0.15) is 39.6 Å². The van der Waals surface area contributed by atoms with Crippen LogP contribution in [0.25, 0.3) is 0 Å². The zero-order valence-corrected chi connectivity index (χ0v) is 13.6. The number of carbonyl (C=O) groups excluding carboxylic acids is 1. The number of anilines is 3. The van der Waals surface area contributed by atoms with Crippen molar-refractivity contribution in [3.8, 4) is 0 Å². The Morgan fingerprint density at radius 2 is 2.09 bits per heavy atom. The number of alkyl carbamates (subject to hydrolysis) is 1. The van der Waals surface area contributed by atoms with Gasteiger partial charge in [-0.05, 0) is 45.9 Å². The third-order valence-electron chi connectivity index (χ3n) is 2.68. The highest BCUT2D eigenvalue weighted by Crippen LogP contribution is 2.20. The van der Waals surface area contributed by atoms with Gasteiger partial charge >= 0.3 is 12.1 Å². The molecule has 0 bridgehead atoms. The lowest BCUT2D eigenvalue weighted by Gasteiger charge is -2.20. The molecule has 1 amide bonds. The molecule has 1 heterocycles. The number of ether oxygens (including phenoxy) is 1. The molecule has 23 heavy (non-hydrogen) atoms. The lowest BCUT2D eigenvalue weighted by atomic mass is 10.2. The number of carbonyl (C=O) groups is 1. The minimum Gasteiger partial charge on any atom is -0.444 e. The molecule has 2 rings (SSSR count). The van der Waals surface area contributed by atoms with E-state index >= 15 is 0 Å². The highest BCUT2D eigenvalue weighted by molar-refractivity contribution is 5.68. The van der Waals surface area contributed by atoms with Crippen molar-refractivity contribution in [2.24, 2.45) is 0 Å². The van der Waals surface area contributed by atoms with Crippen LogP contribution in [0.2, 0.25) is 0 Å². The van der Waals surface area contributed by atoms with E-state index in [9.17, 15) is 4.79 Å². The average molecular weight is 319 g/mol. The van der Waals surface area contributed by atoms with E-state index in [0.717, 1.165) is 5.69 Å². The lowest BCUT2D eigenvalue weighted by molar-refractivity contribution is 0.0501. The monoisotopic (exact) mass is 319 g/mol. The Bertz CT molecular complexity index is 678. The molecule has 1 unspecified atom stereocenters. The number of rotatable bonds is 4. The standard InChI is InChI=1S/C15H21N5O3/c1-9(17-14(21)23-15(2,3)4)12-19-20-13(22-12)18-11-7-5-6-10(16)8-11/h5-9H,16H2,1-4H3,(H,17,21)(H,18,20). The first kappa shape index (κ1) is 16.6. The molecular formula is C15H21N5O3. The number of nitrogens with zero attached hydrogens (tertiary/aromatic N) is 2. The molecule has 1 aromatic carbocycles. The highest BCUT2D eigenvalue weighted by atomic mass is 16.6. The molecule has 2 aromatic rings. The number of aromatic nitrogens is 2. The van der Waals surface area contributed by atoms with Gasteiger partial charge in [-0.3, -0.25) is 0 Å². The summed E-state index contributed by atoms with van der Waals surface area (Å²) in [4.78, 5) is 11.7. The first-order chi connectivity index (χ1) is 10.7. The van der Waals surface area contributed by atoms with Crippen molar-refractivity contribution in [3.63, 3.8) is 0 Å². The molecule has 124 valence electrons. The van der Waals surface area contributed by atoms with Gasteiger partial charge in [-0.2, -0.15) is 0 Å². The maximum atomic E-state index is 11.7. The Labute approximate surface area is 134 Å². The maximum Gasteiger partial charge on any atom is 0.408 e. The molecule has 4 N–H and O–H groups in total. The first-order valence-electron chi connectivity index (χ1n) is 7.18. The fraction of sp³-hybridized carbons (Fsp3) is 0.400. The molecule has 1 atom stereocenters. The van der Waals surface area contributed by atoms with Gasteiger partial charge in [0, 0.05) is 11.4 Å². The summed E-state index contributed by atoms with van der Waals surface area (Å²) in [6, 6.07) is 6.88. The van der Waals surface area contributed by atoms with E-state index in [1.54, 1.807) is 39.8 Å². The van der Waals surface area contributed by atoms with Crippen LogP contribution in [-0.2, 0) is 4.74 Å². The Morgan fingerprint density at radius 3 is 2.74 bits per heavy atom. The number of benzene rings is 1. The molecule has 0 fully saturated rings. The largest absolute Gasteiger partial charge is 0.444 e. The maximum absolute atomic E-state index is 11.7. The zero-order chi connectivity index (χ0) is 17.0. The van der Waals surface area contributed by atoms with Crippen LogP contribution in [-0.4, -0.2) is 21.9 Å². The lowest BCUT2D eigenvalue weighted by Crippen LogP contribution is -2.34. The van der Waals surface area contributed by atoms with Crippen LogP contribution in [0.4, 0.5) is 22.2 Å². The second-order valence-electron chi connectivity index (χ2n) is 6.06. The van der Waals surface area contributed by atoms with Gasteiger partial charge in [-0.15, -0.1) is 5.10 Å². The molecular weight excluding hydrogens is 298 g/mol. The summed E-state index contributed by atoms with van der Waals surface area (Å²) in [6.07, 6.45) is -0.548. The predicted molar refractivity (Wildman–Crippen MR) is 86.2 cm³/mol. The third kappa shape index (κ3) is 5.17. The Hall–Kier alpha value is -2.77. The summed E-state index contributed by atoms with van der Waals surface area (Å²) in [5.41, 5.74) is 6.48. The number of hydrogen-bond acceptors (Lipinski definition) is 7.